The van der Waals surface area contributed by atoms with Crippen LogP contribution in [0.15, 0.2) is 53.7 Å². The van der Waals surface area contributed by atoms with E-state index in [0.29, 0.717) is 12.1 Å². The Morgan fingerprint density at radius 3 is 2.59 bits per heavy atom. The second kappa shape index (κ2) is 5.99. The Bertz CT molecular complexity index is 832. The lowest BCUT2D eigenvalue weighted by atomic mass is 10.0. The Balaban J connectivity index is 1.79. The third-order valence-corrected chi connectivity index (χ3v) is 3.59. The van der Waals surface area contributed by atoms with Gasteiger partial charge in [-0.2, -0.15) is 5.10 Å². The number of aromatic amines is 1. The molecule has 5 nitrogen and oxygen atoms in total. The number of pyridine rings is 1. The molecule has 0 aliphatic carbocycles. The molecule has 0 spiro atoms. The quantitative estimate of drug-likeness (QED) is 0.774. The first-order valence-electron chi connectivity index (χ1n) is 7.06. The number of aryl methyl sites for hydroxylation is 1. The minimum Gasteiger partial charge on any atom is -0.392 e. The molecular formula is C17H17N3O2. The maximum atomic E-state index is 11.4. The number of rotatable bonds is 4. The van der Waals surface area contributed by atoms with Gasteiger partial charge in [0, 0.05) is 23.5 Å². The third kappa shape index (κ3) is 2.99. The first-order valence-corrected chi connectivity index (χ1v) is 7.06. The summed E-state index contributed by atoms with van der Waals surface area (Å²) < 4.78 is 1.80. The lowest BCUT2D eigenvalue weighted by molar-refractivity contribution is 0.281. The van der Waals surface area contributed by atoms with Crippen LogP contribution in [0.4, 0.5) is 0 Å². The third-order valence-electron chi connectivity index (χ3n) is 3.59. The maximum absolute atomic E-state index is 11.4. The van der Waals surface area contributed by atoms with Crippen molar-refractivity contribution < 1.29 is 5.11 Å². The highest BCUT2D eigenvalue weighted by molar-refractivity contribution is 5.63. The van der Waals surface area contributed by atoms with Crippen LogP contribution in [-0.2, 0) is 13.2 Å². The van der Waals surface area contributed by atoms with E-state index in [-0.39, 0.29) is 12.2 Å². The summed E-state index contributed by atoms with van der Waals surface area (Å²) >= 11 is 0. The van der Waals surface area contributed by atoms with Crippen LogP contribution in [-0.4, -0.2) is 19.9 Å². The molecule has 0 atom stereocenters. The van der Waals surface area contributed by atoms with Crippen molar-refractivity contribution in [3.8, 4) is 11.1 Å². The SMILES string of the molecule is Cc1cc(-c2ccc(Cn3cc(CO)cn3)cc2)c[nH]c1=O. The molecule has 1 aromatic carbocycles. The summed E-state index contributed by atoms with van der Waals surface area (Å²) in [7, 11) is 0. The molecule has 3 rings (SSSR count). The molecule has 5 heteroatoms. The van der Waals surface area contributed by atoms with Crippen LogP contribution >= 0.6 is 0 Å². The summed E-state index contributed by atoms with van der Waals surface area (Å²) in [5, 5.41) is 13.2. The van der Waals surface area contributed by atoms with Crippen LogP contribution in [0.2, 0.25) is 0 Å². The molecule has 3 aromatic rings. The van der Waals surface area contributed by atoms with Crippen molar-refractivity contribution in [2.24, 2.45) is 0 Å². The van der Waals surface area contributed by atoms with Gasteiger partial charge in [0.2, 0.25) is 0 Å². The molecule has 0 aliphatic heterocycles. The fourth-order valence-electron chi connectivity index (χ4n) is 2.33. The fraction of sp³-hybridized carbons (Fsp3) is 0.176. The van der Waals surface area contributed by atoms with Gasteiger partial charge in [0.05, 0.1) is 19.3 Å². The van der Waals surface area contributed by atoms with Gasteiger partial charge < -0.3 is 10.1 Å². The average Bonchev–Trinajstić information content (AvgIpc) is 2.98. The largest absolute Gasteiger partial charge is 0.392 e. The van der Waals surface area contributed by atoms with E-state index in [2.05, 4.69) is 10.1 Å². The van der Waals surface area contributed by atoms with Crippen LogP contribution in [0.1, 0.15) is 16.7 Å². The average molecular weight is 295 g/mol. The molecule has 2 aromatic heterocycles. The number of benzene rings is 1. The predicted octanol–water partition coefficient (Wildman–Crippen LogP) is 2.09. The summed E-state index contributed by atoms with van der Waals surface area (Å²) in [5.74, 6) is 0. The molecule has 0 aliphatic rings. The molecule has 2 heterocycles. The van der Waals surface area contributed by atoms with E-state index < -0.39 is 0 Å². The van der Waals surface area contributed by atoms with Crippen molar-refractivity contribution in [3.05, 3.63) is 76.0 Å². The number of aliphatic hydroxyl groups is 1. The van der Waals surface area contributed by atoms with Gasteiger partial charge in [0.15, 0.2) is 0 Å². The molecule has 0 amide bonds. The lowest BCUT2D eigenvalue weighted by Gasteiger charge is -2.05. The fourth-order valence-corrected chi connectivity index (χ4v) is 2.33. The predicted molar refractivity (Wildman–Crippen MR) is 84.5 cm³/mol. The van der Waals surface area contributed by atoms with E-state index in [1.165, 1.54) is 0 Å². The van der Waals surface area contributed by atoms with E-state index >= 15 is 0 Å². The number of nitrogens with one attached hydrogen (secondary N) is 1. The standard InChI is InChI=1S/C17H17N3O2/c1-12-6-16(8-18-17(12)22)15-4-2-13(3-5-15)9-20-10-14(11-21)7-19-20/h2-8,10,21H,9,11H2,1H3,(H,18,22). The zero-order valence-electron chi connectivity index (χ0n) is 12.3. The Morgan fingerprint density at radius 1 is 1.18 bits per heavy atom. The maximum Gasteiger partial charge on any atom is 0.250 e. The topological polar surface area (TPSA) is 70.9 Å². The summed E-state index contributed by atoms with van der Waals surface area (Å²) in [6, 6.07) is 10.0. The summed E-state index contributed by atoms with van der Waals surface area (Å²) in [4.78, 5) is 14.1. The van der Waals surface area contributed by atoms with Crippen molar-refractivity contribution in [3.63, 3.8) is 0 Å². The Kier molecular flexibility index (Phi) is 3.89. The van der Waals surface area contributed by atoms with Gasteiger partial charge in [-0.3, -0.25) is 9.48 Å². The second-order valence-corrected chi connectivity index (χ2v) is 5.30. The summed E-state index contributed by atoms with van der Waals surface area (Å²) in [6.07, 6.45) is 5.22. The van der Waals surface area contributed by atoms with Gasteiger partial charge >= 0.3 is 0 Å². The monoisotopic (exact) mass is 295 g/mol. The summed E-state index contributed by atoms with van der Waals surface area (Å²) in [5.41, 5.74) is 4.62. The minimum absolute atomic E-state index is 0.00446. The van der Waals surface area contributed by atoms with E-state index in [1.54, 1.807) is 24.0 Å². The van der Waals surface area contributed by atoms with E-state index in [4.69, 9.17) is 5.11 Å². The van der Waals surface area contributed by atoms with Crippen molar-refractivity contribution >= 4 is 0 Å². The molecule has 0 radical (unpaired) electrons. The van der Waals surface area contributed by atoms with Crippen LogP contribution in [0, 0.1) is 6.92 Å². The van der Waals surface area contributed by atoms with Gasteiger partial charge in [-0.05, 0) is 29.7 Å². The van der Waals surface area contributed by atoms with Crippen LogP contribution in [0.3, 0.4) is 0 Å². The van der Waals surface area contributed by atoms with Crippen molar-refractivity contribution in [1.82, 2.24) is 14.8 Å². The van der Waals surface area contributed by atoms with Crippen molar-refractivity contribution in [2.45, 2.75) is 20.1 Å². The number of nitrogens with zero attached hydrogens (tertiary/aromatic N) is 2. The highest BCUT2D eigenvalue weighted by atomic mass is 16.3. The highest BCUT2D eigenvalue weighted by Crippen LogP contribution is 2.19. The first-order chi connectivity index (χ1) is 10.7. The molecule has 0 unspecified atom stereocenters. The second-order valence-electron chi connectivity index (χ2n) is 5.30. The molecular weight excluding hydrogens is 278 g/mol. The van der Waals surface area contributed by atoms with Gasteiger partial charge in [-0.25, -0.2) is 0 Å². The van der Waals surface area contributed by atoms with Gasteiger partial charge in [0.25, 0.3) is 5.56 Å². The zero-order valence-corrected chi connectivity index (χ0v) is 12.3. The van der Waals surface area contributed by atoms with Gasteiger partial charge in [-0.1, -0.05) is 24.3 Å². The van der Waals surface area contributed by atoms with Crippen molar-refractivity contribution in [1.29, 1.82) is 0 Å². The Morgan fingerprint density at radius 2 is 1.95 bits per heavy atom. The number of aliphatic hydroxyl groups excluding tert-OH is 1. The number of aromatic nitrogens is 3. The molecule has 22 heavy (non-hydrogen) atoms. The van der Waals surface area contributed by atoms with E-state index in [9.17, 15) is 4.79 Å². The first kappa shape index (κ1) is 14.3. The van der Waals surface area contributed by atoms with Crippen molar-refractivity contribution in [2.75, 3.05) is 0 Å². The molecule has 0 bridgehead atoms. The summed E-state index contributed by atoms with van der Waals surface area (Å²) in [6.45, 7) is 2.46. The molecule has 0 fully saturated rings. The van der Waals surface area contributed by atoms with E-state index in [1.807, 2.05) is 36.5 Å². The molecule has 0 saturated carbocycles. The van der Waals surface area contributed by atoms with Crippen LogP contribution in [0.5, 0.6) is 0 Å². The highest BCUT2D eigenvalue weighted by Gasteiger charge is 2.02. The Labute approximate surface area is 127 Å². The van der Waals surface area contributed by atoms with Gasteiger partial charge in [-0.15, -0.1) is 0 Å². The smallest absolute Gasteiger partial charge is 0.250 e. The normalized spacial score (nSPS) is 10.8. The lowest BCUT2D eigenvalue weighted by Crippen LogP contribution is -2.07. The number of H-pyrrole nitrogens is 1. The van der Waals surface area contributed by atoms with Crippen LogP contribution < -0.4 is 5.56 Å². The minimum atomic E-state index is -0.0567. The molecule has 2 N–H and O–H groups in total. The Hall–Kier alpha value is -2.66. The number of hydrogen-bond acceptors (Lipinski definition) is 3. The molecule has 112 valence electrons. The van der Waals surface area contributed by atoms with Gasteiger partial charge in [0.1, 0.15) is 0 Å². The van der Waals surface area contributed by atoms with Crippen LogP contribution in [0.25, 0.3) is 11.1 Å². The molecule has 0 saturated heterocycles. The zero-order chi connectivity index (χ0) is 15.5. The number of hydrogen-bond donors (Lipinski definition) is 2. The van der Waals surface area contributed by atoms with E-state index in [0.717, 1.165) is 22.3 Å².